The van der Waals surface area contributed by atoms with Crippen molar-refractivity contribution in [1.29, 1.82) is 0 Å². The quantitative estimate of drug-likeness (QED) is 0.343. The third-order valence-corrected chi connectivity index (χ3v) is 4.59. The van der Waals surface area contributed by atoms with E-state index in [1.807, 2.05) is 30.3 Å². The van der Waals surface area contributed by atoms with Crippen LogP contribution in [0.2, 0.25) is 0 Å². The molecule has 0 aliphatic rings. The van der Waals surface area contributed by atoms with E-state index >= 15 is 0 Å². The van der Waals surface area contributed by atoms with E-state index in [4.69, 9.17) is 4.42 Å². The van der Waals surface area contributed by atoms with E-state index in [0.29, 0.717) is 17.3 Å². The highest BCUT2D eigenvalue weighted by atomic mass is 16.6. The summed E-state index contributed by atoms with van der Waals surface area (Å²) in [5, 5.41) is 18.6. The Bertz CT molecular complexity index is 1440. The monoisotopic (exact) mass is 414 g/mol. The predicted molar refractivity (Wildman–Crippen MR) is 113 cm³/mol. The van der Waals surface area contributed by atoms with Crippen molar-refractivity contribution in [2.24, 2.45) is 0 Å². The fourth-order valence-electron chi connectivity index (χ4n) is 3.18. The van der Waals surface area contributed by atoms with Crippen LogP contribution in [0.4, 0.5) is 17.2 Å². The minimum absolute atomic E-state index is 0.0528. The van der Waals surface area contributed by atoms with E-state index in [1.165, 1.54) is 33.5 Å². The lowest BCUT2D eigenvalue weighted by atomic mass is 10.3. The summed E-state index contributed by atoms with van der Waals surface area (Å²) in [7, 11) is 0. The number of anilines is 2. The van der Waals surface area contributed by atoms with Crippen LogP contribution in [0.3, 0.4) is 0 Å². The van der Waals surface area contributed by atoms with Gasteiger partial charge in [0, 0.05) is 23.9 Å². The number of nitrogens with one attached hydrogen (secondary N) is 1. The second-order valence-electron chi connectivity index (χ2n) is 6.59. The Labute approximate surface area is 174 Å². The van der Waals surface area contributed by atoms with Crippen LogP contribution in [0, 0.1) is 10.1 Å². The maximum absolute atomic E-state index is 13.0. The van der Waals surface area contributed by atoms with E-state index in [2.05, 4.69) is 15.4 Å². The number of furan rings is 1. The maximum Gasteiger partial charge on any atom is 0.269 e. The largest absolute Gasteiger partial charge is 0.461 e. The molecule has 0 aliphatic carbocycles. The first-order valence-electron chi connectivity index (χ1n) is 9.24. The molecular weight excluding hydrogens is 400 g/mol. The number of nitro groups is 1. The highest BCUT2D eigenvalue weighted by molar-refractivity contribution is 5.61. The molecule has 0 fully saturated rings. The minimum Gasteiger partial charge on any atom is -0.461 e. The van der Waals surface area contributed by atoms with Crippen molar-refractivity contribution in [2.45, 2.75) is 0 Å². The molecule has 1 N–H and O–H groups in total. The zero-order chi connectivity index (χ0) is 21.4. The summed E-state index contributed by atoms with van der Waals surface area (Å²) in [5.74, 6) is 1.22. The maximum atomic E-state index is 13.0. The summed E-state index contributed by atoms with van der Waals surface area (Å²) in [5.41, 5.74) is 0.863. The topological polar surface area (TPSA) is 120 Å². The lowest BCUT2D eigenvalue weighted by Gasteiger charge is -2.06. The lowest BCUT2D eigenvalue weighted by Crippen LogP contribution is -2.16. The van der Waals surface area contributed by atoms with Gasteiger partial charge in [-0.15, -0.1) is 5.10 Å². The number of para-hydroxylation sites is 1. The van der Waals surface area contributed by atoms with Gasteiger partial charge in [0.15, 0.2) is 5.76 Å². The number of fused-ring (bicyclic) bond motifs is 1. The molecule has 0 saturated carbocycles. The van der Waals surface area contributed by atoms with E-state index in [-0.39, 0.29) is 22.8 Å². The van der Waals surface area contributed by atoms with E-state index in [0.717, 1.165) is 5.69 Å². The summed E-state index contributed by atoms with van der Waals surface area (Å²) >= 11 is 0. The number of nitro benzene ring substituents is 1. The molecule has 0 saturated heterocycles. The molecule has 0 unspecified atom stereocenters. The van der Waals surface area contributed by atoms with E-state index in [9.17, 15) is 14.9 Å². The third-order valence-electron chi connectivity index (χ3n) is 4.59. The van der Waals surface area contributed by atoms with Gasteiger partial charge in [-0.3, -0.25) is 14.9 Å². The van der Waals surface area contributed by atoms with Gasteiger partial charge >= 0.3 is 0 Å². The van der Waals surface area contributed by atoms with Crippen LogP contribution in [0.15, 0.2) is 88.3 Å². The molecular formula is C21H14N6O4. The zero-order valence-corrected chi connectivity index (χ0v) is 15.9. The van der Waals surface area contributed by atoms with Crippen molar-refractivity contribution in [1.82, 2.24) is 19.2 Å². The van der Waals surface area contributed by atoms with Crippen LogP contribution in [0.5, 0.6) is 0 Å². The van der Waals surface area contributed by atoms with Gasteiger partial charge in [0.05, 0.1) is 16.9 Å². The summed E-state index contributed by atoms with van der Waals surface area (Å²) in [6.07, 6.45) is 1.48. The second kappa shape index (κ2) is 7.26. The van der Waals surface area contributed by atoms with Crippen LogP contribution in [0.25, 0.3) is 23.0 Å². The number of hydrogen-bond donors (Lipinski definition) is 1. The average molecular weight is 414 g/mol. The first-order chi connectivity index (χ1) is 15.1. The Hall–Kier alpha value is -4.73. The Morgan fingerprint density at radius 1 is 1.00 bits per heavy atom. The first kappa shape index (κ1) is 18.3. The molecule has 0 aliphatic heterocycles. The summed E-state index contributed by atoms with van der Waals surface area (Å²) < 4.78 is 8.21. The minimum atomic E-state index is -0.482. The Balaban J connectivity index is 1.71. The molecule has 5 aromatic rings. The van der Waals surface area contributed by atoms with E-state index in [1.54, 1.807) is 24.3 Å². The molecule has 0 atom stereocenters. The molecule has 0 bridgehead atoms. The van der Waals surface area contributed by atoms with Gasteiger partial charge < -0.3 is 9.73 Å². The molecule has 152 valence electrons. The number of benzene rings is 2. The standard InChI is InChI=1S/C21H14N6O4/c28-19-13-18(22-14-5-2-1-3-6-14)23-21-25(19)20(17-7-4-12-31-17)24-26(21)15-8-10-16(11-9-15)27(29)30/h1-13,22H. The van der Waals surface area contributed by atoms with Gasteiger partial charge in [0.2, 0.25) is 11.6 Å². The number of non-ortho nitro benzene ring substituents is 1. The van der Waals surface area contributed by atoms with Crippen LogP contribution < -0.4 is 10.9 Å². The molecule has 5 rings (SSSR count). The smallest absolute Gasteiger partial charge is 0.269 e. The van der Waals surface area contributed by atoms with Gasteiger partial charge in [-0.25, -0.2) is 4.40 Å². The number of rotatable bonds is 5. The molecule has 3 aromatic heterocycles. The summed E-state index contributed by atoms with van der Waals surface area (Å²) in [6.45, 7) is 0. The molecule has 0 amide bonds. The van der Waals surface area contributed by atoms with Crippen LogP contribution in [0.1, 0.15) is 0 Å². The van der Waals surface area contributed by atoms with Crippen LogP contribution in [-0.2, 0) is 0 Å². The lowest BCUT2D eigenvalue weighted by molar-refractivity contribution is -0.384. The van der Waals surface area contributed by atoms with Crippen molar-refractivity contribution in [3.05, 3.63) is 99.5 Å². The zero-order valence-electron chi connectivity index (χ0n) is 15.9. The first-order valence-corrected chi connectivity index (χ1v) is 9.24. The highest BCUT2D eigenvalue weighted by Crippen LogP contribution is 2.23. The van der Waals surface area contributed by atoms with Crippen LogP contribution >= 0.6 is 0 Å². The van der Waals surface area contributed by atoms with Gasteiger partial charge in [-0.1, -0.05) is 18.2 Å². The highest BCUT2D eigenvalue weighted by Gasteiger charge is 2.19. The molecule has 0 spiro atoms. The summed E-state index contributed by atoms with van der Waals surface area (Å²) in [6, 6.07) is 19.9. The normalized spacial score (nSPS) is 11.0. The Morgan fingerprint density at radius 2 is 1.77 bits per heavy atom. The Morgan fingerprint density at radius 3 is 2.45 bits per heavy atom. The van der Waals surface area contributed by atoms with Gasteiger partial charge in [0.25, 0.3) is 11.2 Å². The fraction of sp³-hybridized carbons (Fsp3) is 0. The second-order valence-corrected chi connectivity index (χ2v) is 6.59. The number of hydrogen-bond acceptors (Lipinski definition) is 7. The molecule has 10 nitrogen and oxygen atoms in total. The van der Waals surface area contributed by atoms with Gasteiger partial charge in [0.1, 0.15) is 5.82 Å². The third kappa shape index (κ3) is 3.31. The fourth-order valence-corrected chi connectivity index (χ4v) is 3.18. The molecule has 0 radical (unpaired) electrons. The van der Waals surface area contributed by atoms with Crippen LogP contribution in [-0.4, -0.2) is 24.1 Å². The van der Waals surface area contributed by atoms with E-state index < -0.39 is 4.92 Å². The number of nitrogens with zero attached hydrogens (tertiary/aromatic N) is 5. The van der Waals surface area contributed by atoms with Crippen molar-refractivity contribution in [3.63, 3.8) is 0 Å². The van der Waals surface area contributed by atoms with Gasteiger partial charge in [-0.2, -0.15) is 9.67 Å². The average Bonchev–Trinajstić information content (AvgIpc) is 3.43. The van der Waals surface area contributed by atoms with Crippen molar-refractivity contribution in [2.75, 3.05) is 5.32 Å². The SMILES string of the molecule is O=c1cc(Nc2ccccc2)nc2n(-c3ccc([N+](=O)[O-])cc3)nc(-c3ccco3)n12. The number of aromatic nitrogens is 4. The molecule has 3 heterocycles. The summed E-state index contributed by atoms with van der Waals surface area (Å²) in [4.78, 5) is 28.1. The Kier molecular flexibility index (Phi) is 4.29. The van der Waals surface area contributed by atoms with Crippen molar-refractivity contribution >= 4 is 23.0 Å². The molecule has 2 aromatic carbocycles. The van der Waals surface area contributed by atoms with Crippen molar-refractivity contribution in [3.8, 4) is 17.3 Å². The molecule has 31 heavy (non-hydrogen) atoms. The molecule has 10 heteroatoms. The van der Waals surface area contributed by atoms with Crippen molar-refractivity contribution < 1.29 is 9.34 Å². The van der Waals surface area contributed by atoms with Gasteiger partial charge in [-0.05, 0) is 36.4 Å². The predicted octanol–water partition coefficient (Wildman–Crippen LogP) is 3.79.